The predicted octanol–water partition coefficient (Wildman–Crippen LogP) is 3.17. The molecule has 2 aliphatic rings. The quantitative estimate of drug-likeness (QED) is 0.839. The van der Waals surface area contributed by atoms with Crippen LogP contribution in [-0.2, 0) is 0 Å². The minimum atomic E-state index is -0.123. The van der Waals surface area contributed by atoms with Crippen LogP contribution in [0, 0.1) is 5.92 Å². The SMILES string of the molecule is CC(NC(=O)NCC1CC=CCC1)c1ccc2c(c1)OCCO2. The van der Waals surface area contributed by atoms with Crippen LogP contribution in [0.3, 0.4) is 0 Å². The molecule has 1 aromatic carbocycles. The number of allylic oxidation sites excluding steroid dienone is 2. The predicted molar refractivity (Wildman–Crippen MR) is 88.9 cm³/mol. The van der Waals surface area contributed by atoms with Crippen molar-refractivity contribution in [2.24, 2.45) is 5.92 Å². The molecule has 3 rings (SSSR count). The van der Waals surface area contributed by atoms with E-state index in [4.69, 9.17) is 9.47 Å². The molecular weight excluding hydrogens is 292 g/mol. The summed E-state index contributed by atoms with van der Waals surface area (Å²) < 4.78 is 11.1. The first-order chi connectivity index (χ1) is 11.2. The van der Waals surface area contributed by atoms with Gasteiger partial charge in [0.25, 0.3) is 0 Å². The van der Waals surface area contributed by atoms with Crippen molar-refractivity contribution in [3.8, 4) is 11.5 Å². The van der Waals surface area contributed by atoms with Crippen LogP contribution in [0.5, 0.6) is 11.5 Å². The first-order valence-electron chi connectivity index (χ1n) is 8.31. The van der Waals surface area contributed by atoms with Crippen LogP contribution in [0.4, 0.5) is 4.79 Å². The van der Waals surface area contributed by atoms with Gasteiger partial charge in [-0.15, -0.1) is 0 Å². The number of benzene rings is 1. The molecule has 0 fully saturated rings. The van der Waals surface area contributed by atoms with E-state index in [-0.39, 0.29) is 12.1 Å². The number of ether oxygens (including phenoxy) is 2. The van der Waals surface area contributed by atoms with Gasteiger partial charge in [0.1, 0.15) is 13.2 Å². The summed E-state index contributed by atoms with van der Waals surface area (Å²) in [6, 6.07) is 5.59. The molecule has 2 atom stereocenters. The number of hydrogen-bond donors (Lipinski definition) is 2. The molecule has 1 heterocycles. The van der Waals surface area contributed by atoms with E-state index in [9.17, 15) is 4.79 Å². The summed E-state index contributed by atoms with van der Waals surface area (Å²) in [6.07, 6.45) is 7.72. The topological polar surface area (TPSA) is 59.6 Å². The summed E-state index contributed by atoms with van der Waals surface area (Å²) in [5.74, 6) is 2.06. The average Bonchev–Trinajstić information content (AvgIpc) is 2.60. The fourth-order valence-corrected chi connectivity index (χ4v) is 2.94. The van der Waals surface area contributed by atoms with Gasteiger partial charge in [-0.25, -0.2) is 4.79 Å². The molecule has 0 spiro atoms. The Bertz CT molecular complexity index is 586. The van der Waals surface area contributed by atoms with Gasteiger partial charge in [-0.3, -0.25) is 0 Å². The van der Waals surface area contributed by atoms with Crippen LogP contribution >= 0.6 is 0 Å². The van der Waals surface area contributed by atoms with E-state index in [0.29, 0.717) is 19.1 Å². The summed E-state index contributed by atoms with van der Waals surface area (Å²) >= 11 is 0. The fraction of sp³-hybridized carbons (Fsp3) is 0.500. The van der Waals surface area contributed by atoms with Gasteiger partial charge in [-0.2, -0.15) is 0 Å². The van der Waals surface area contributed by atoms with Crippen molar-refractivity contribution < 1.29 is 14.3 Å². The summed E-state index contributed by atoms with van der Waals surface area (Å²) in [5, 5.41) is 5.95. The molecule has 124 valence electrons. The van der Waals surface area contributed by atoms with Gasteiger partial charge in [0.2, 0.25) is 0 Å². The summed E-state index contributed by atoms with van der Waals surface area (Å²) in [5.41, 5.74) is 1.00. The molecule has 1 aromatic rings. The van der Waals surface area contributed by atoms with Gasteiger partial charge in [0.15, 0.2) is 11.5 Å². The average molecular weight is 316 g/mol. The number of hydrogen-bond acceptors (Lipinski definition) is 3. The van der Waals surface area contributed by atoms with Crippen LogP contribution < -0.4 is 20.1 Å². The molecule has 0 bridgehead atoms. The van der Waals surface area contributed by atoms with E-state index in [1.807, 2.05) is 25.1 Å². The smallest absolute Gasteiger partial charge is 0.315 e. The Morgan fingerprint density at radius 1 is 1.26 bits per heavy atom. The lowest BCUT2D eigenvalue weighted by Gasteiger charge is -2.22. The van der Waals surface area contributed by atoms with Gasteiger partial charge in [-0.05, 0) is 49.8 Å². The van der Waals surface area contributed by atoms with E-state index in [1.54, 1.807) is 0 Å². The van der Waals surface area contributed by atoms with E-state index < -0.39 is 0 Å². The van der Waals surface area contributed by atoms with E-state index >= 15 is 0 Å². The molecule has 0 aromatic heterocycles. The Hall–Kier alpha value is -2.17. The number of carbonyl (C=O) groups excluding carboxylic acids is 1. The number of rotatable bonds is 4. The highest BCUT2D eigenvalue weighted by atomic mass is 16.6. The van der Waals surface area contributed by atoms with Gasteiger partial charge in [-0.1, -0.05) is 18.2 Å². The van der Waals surface area contributed by atoms with Gasteiger partial charge < -0.3 is 20.1 Å². The molecule has 5 nitrogen and oxygen atoms in total. The molecule has 2 unspecified atom stereocenters. The zero-order chi connectivity index (χ0) is 16.1. The van der Waals surface area contributed by atoms with Crippen LogP contribution in [-0.4, -0.2) is 25.8 Å². The molecule has 0 saturated heterocycles. The molecular formula is C18H24N2O3. The molecule has 1 aliphatic carbocycles. The normalized spacial score (nSPS) is 20.7. The number of fused-ring (bicyclic) bond motifs is 1. The summed E-state index contributed by atoms with van der Waals surface area (Å²) in [7, 11) is 0. The second-order valence-electron chi connectivity index (χ2n) is 6.13. The number of carbonyl (C=O) groups is 1. The van der Waals surface area contributed by atoms with Crippen molar-refractivity contribution >= 4 is 6.03 Å². The largest absolute Gasteiger partial charge is 0.486 e. The minimum Gasteiger partial charge on any atom is -0.486 e. The van der Waals surface area contributed by atoms with Crippen molar-refractivity contribution in [1.29, 1.82) is 0 Å². The third-order valence-corrected chi connectivity index (χ3v) is 4.34. The van der Waals surface area contributed by atoms with Crippen molar-refractivity contribution in [3.63, 3.8) is 0 Å². The Labute approximate surface area is 137 Å². The molecule has 2 N–H and O–H groups in total. The lowest BCUT2D eigenvalue weighted by atomic mass is 9.94. The van der Waals surface area contributed by atoms with Crippen molar-refractivity contribution in [2.45, 2.75) is 32.2 Å². The molecule has 23 heavy (non-hydrogen) atoms. The summed E-state index contributed by atoms with van der Waals surface area (Å²) in [6.45, 7) is 3.84. The van der Waals surface area contributed by atoms with Crippen molar-refractivity contribution in [3.05, 3.63) is 35.9 Å². The van der Waals surface area contributed by atoms with Crippen molar-refractivity contribution in [1.82, 2.24) is 10.6 Å². The van der Waals surface area contributed by atoms with Crippen LogP contribution in [0.25, 0.3) is 0 Å². The second-order valence-corrected chi connectivity index (χ2v) is 6.13. The van der Waals surface area contributed by atoms with Crippen molar-refractivity contribution in [2.75, 3.05) is 19.8 Å². The standard InChI is InChI=1S/C18H24N2O3/c1-13(15-7-8-16-17(11-15)23-10-9-22-16)20-18(21)19-12-14-5-3-2-4-6-14/h2-3,7-8,11,13-14H,4-6,9-10,12H2,1H3,(H2,19,20,21). The monoisotopic (exact) mass is 316 g/mol. The van der Waals surface area contributed by atoms with Gasteiger partial charge >= 0.3 is 6.03 Å². The molecule has 1 aliphatic heterocycles. The molecule has 0 saturated carbocycles. The molecule has 2 amide bonds. The highest BCUT2D eigenvalue weighted by Gasteiger charge is 2.16. The highest BCUT2D eigenvalue weighted by Crippen LogP contribution is 2.32. The lowest BCUT2D eigenvalue weighted by Crippen LogP contribution is -2.39. The number of nitrogens with one attached hydrogen (secondary N) is 2. The van der Waals surface area contributed by atoms with Gasteiger partial charge in [0, 0.05) is 6.54 Å². The third-order valence-electron chi connectivity index (χ3n) is 4.34. The van der Waals surface area contributed by atoms with E-state index in [0.717, 1.165) is 42.9 Å². The number of urea groups is 1. The molecule has 0 radical (unpaired) electrons. The zero-order valence-corrected chi connectivity index (χ0v) is 13.5. The van der Waals surface area contributed by atoms with E-state index in [2.05, 4.69) is 22.8 Å². The van der Waals surface area contributed by atoms with Crippen LogP contribution in [0.2, 0.25) is 0 Å². The van der Waals surface area contributed by atoms with Crippen LogP contribution in [0.1, 0.15) is 37.8 Å². The van der Waals surface area contributed by atoms with E-state index in [1.165, 1.54) is 0 Å². The highest BCUT2D eigenvalue weighted by molar-refractivity contribution is 5.74. The lowest BCUT2D eigenvalue weighted by molar-refractivity contribution is 0.171. The minimum absolute atomic E-state index is 0.0860. The number of amides is 2. The van der Waals surface area contributed by atoms with Gasteiger partial charge in [0.05, 0.1) is 6.04 Å². The Balaban J connectivity index is 1.50. The Morgan fingerprint density at radius 3 is 2.87 bits per heavy atom. The maximum atomic E-state index is 12.1. The summed E-state index contributed by atoms with van der Waals surface area (Å²) in [4.78, 5) is 12.1. The third kappa shape index (κ3) is 4.18. The molecule has 5 heteroatoms. The fourth-order valence-electron chi connectivity index (χ4n) is 2.94. The maximum absolute atomic E-state index is 12.1. The first-order valence-corrected chi connectivity index (χ1v) is 8.31. The zero-order valence-electron chi connectivity index (χ0n) is 13.5. The van der Waals surface area contributed by atoms with Crippen LogP contribution in [0.15, 0.2) is 30.4 Å². The first kappa shape index (κ1) is 15.7. The Kier molecular flexibility index (Phi) is 5.05. The maximum Gasteiger partial charge on any atom is 0.315 e. The Morgan fingerprint density at radius 2 is 2.09 bits per heavy atom. The second kappa shape index (κ2) is 7.40.